The van der Waals surface area contributed by atoms with Crippen molar-refractivity contribution >= 4 is 5.97 Å². The fourth-order valence-corrected chi connectivity index (χ4v) is 0.827. The first-order valence-electron chi connectivity index (χ1n) is 3.39. The van der Waals surface area contributed by atoms with Gasteiger partial charge >= 0.3 is 11.9 Å². The van der Waals surface area contributed by atoms with E-state index in [0.29, 0.717) is 0 Å². The number of aromatic amines is 1. The van der Waals surface area contributed by atoms with Gasteiger partial charge in [-0.3, -0.25) is 0 Å². The van der Waals surface area contributed by atoms with Gasteiger partial charge in [0.2, 0.25) is 0 Å². The van der Waals surface area contributed by atoms with Gasteiger partial charge in [-0.2, -0.15) is 8.78 Å². The van der Waals surface area contributed by atoms with Crippen LogP contribution in [-0.4, -0.2) is 27.1 Å². The molecule has 13 heavy (non-hydrogen) atoms. The van der Waals surface area contributed by atoms with Crippen LogP contribution in [0, 0.1) is 0 Å². The van der Waals surface area contributed by atoms with Crippen molar-refractivity contribution in [1.82, 2.24) is 4.98 Å². The summed E-state index contributed by atoms with van der Waals surface area (Å²) in [6.45, 7) is 0. The normalized spacial score (nSPS) is 14.1. The fraction of sp³-hybridized carbons (Fsp3) is 0.286. The van der Waals surface area contributed by atoms with Crippen molar-refractivity contribution in [3.63, 3.8) is 0 Å². The van der Waals surface area contributed by atoms with Crippen LogP contribution in [0.15, 0.2) is 18.3 Å². The van der Waals surface area contributed by atoms with Crippen LogP contribution in [0.1, 0.15) is 11.8 Å². The van der Waals surface area contributed by atoms with Crippen LogP contribution in [-0.2, 0) is 4.79 Å². The SMILES string of the molecule is O=C(O)C(F)(F)C(O)c1ccc[nH]1. The molecule has 1 unspecified atom stereocenters. The minimum atomic E-state index is -4.18. The van der Waals surface area contributed by atoms with Crippen molar-refractivity contribution in [2.45, 2.75) is 12.0 Å². The summed E-state index contributed by atoms with van der Waals surface area (Å²) in [6, 6.07) is 2.57. The molecule has 1 atom stereocenters. The van der Waals surface area contributed by atoms with Crippen molar-refractivity contribution in [2.24, 2.45) is 0 Å². The first-order chi connectivity index (χ1) is 5.96. The Labute approximate surface area is 71.8 Å². The average Bonchev–Trinajstić information content (AvgIpc) is 2.54. The molecule has 0 aliphatic heterocycles. The molecule has 1 rings (SSSR count). The van der Waals surface area contributed by atoms with E-state index < -0.39 is 18.0 Å². The summed E-state index contributed by atoms with van der Waals surface area (Å²) in [7, 11) is 0. The second-order valence-electron chi connectivity index (χ2n) is 2.46. The number of carboxylic acid groups (broad SMARTS) is 1. The smallest absolute Gasteiger partial charge is 0.377 e. The zero-order chi connectivity index (χ0) is 10.1. The number of aliphatic hydroxyl groups is 1. The standard InChI is InChI=1S/C7H7F2NO3/c8-7(9,6(12)13)5(11)4-2-1-3-10-4/h1-3,5,10-11H,(H,12,13). The van der Waals surface area contributed by atoms with Crippen LogP contribution < -0.4 is 0 Å². The van der Waals surface area contributed by atoms with E-state index in [1.165, 1.54) is 18.3 Å². The summed E-state index contributed by atoms with van der Waals surface area (Å²) in [6.07, 6.45) is -1.03. The van der Waals surface area contributed by atoms with Crippen LogP contribution in [0.3, 0.4) is 0 Å². The highest BCUT2D eigenvalue weighted by molar-refractivity contribution is 5.76. The Kier molecular flexibility index (Phi) is 2.33. The van der Waals surface area contributed by atoms with Crippen molar-refractivity contribution in [1.29, 1.82) is 0 Å². The van der Waals surface area contributed by atoms with E-state index >= 15 is 0 Å². The third kappa shape index (κ3) is 1.67. The monoisotopic (exact) mass is 191 g/mol. The lowest BCUT2D eigenvalue weighted by Crippen LogP contribution is -2.35. The van der Waals surface area contributed by atoms with Gasteiger partial charge < -0.3 is 15.2 Å². The Hall–Kier alpha value is -1.43. The zero-order valence-corrected chi connectivity index (χ0v) is 6.37. The summed E-state index contributed by atoms with van der Waals surface area (Å²) < 4.78 is 25.3. The van der Waals surface area contributed by atoms with Crippen molar-refractivity contribution in [3.8, 4) is 0 Å². The average molecular weight is 191 g/mol. The Balaban J connectivity index is 2.90. The lowest BCUT2D eigenvalue weighted by atomic mass is 10.1. The molecule has 3 N–H and O–H groups in total. The molecular weight excluding hydrogens is 184 g/mol. The number of halogens is 2. The van der Waals surface area contributed by atoms with E-state index in [1.54, 1.807) is 0 Å². The Morgan fingerprint density at radius 3 is 2.62 bits per heavy atom. The van der Waals surface area contributed by atoms with Gasteiger partial charge in [0.05, 0.1) is 5.69 Å². The highest BCUT2D eigenvalue weighted by Gasteiger charge is 2.48. The lowest BCUT2D eigenvalue weighted by Gasteiger charge is -2.16. The van der Waals surface area contributed by atoms with Crippen molar-refractivity contribution in [2.75, 3.05) is 0 Å². The highest BCUT2D eigenvalue weighted by atomic mass is 19.3. The number of carbonyl (C=O) groups is 1. The van der Waals surface area contributed by atoms with E-state index in [9.17, 15) is 13.6 Å². The lowest BCUT2D eigenvalue weighted by molar-refractivity contribution is -0.183. The minimum absolute atomic E-state index is 0.229. The molecule has 0 radical (unpaired) electrons. The Bertz CT molecular complexity index is 297. The number of alkyl halides is 2. The summed E-state index contributed by atoms with van der Waals surface area (Å²) in [4.78, 5) is 12.3. The Morgan fingerprint density at radius 2 is 2.23 bits per heavy atom. The highest BCUT2D eigenvalue weighted by Crippen LogP contribution is 2.30. The van der Waals surface area contributed by atoms with Crippen LogP contribution in [0.5, 0.6) is 0 Å². The van der Waals surface area contributed by atoms with E-state index in [1.807, 2.05) is 0 Å². The topological polar surface area (TPSA) is 73.3 Å². The van der Waals surface area contributed by atoms with Crippen LogP contribution in [0.2, 0.25) is 0 Å². The van der Waals surface area contributed by atoms with Gasteiger partial charge in [0.1, 0.15) is 0 Å². The molecule has 1 aromatic heterocycles. The van der Waals surface area contributed by atoms with Crippen LogP contribution in [0.25, 0.3) is 0 Å². The molecule has 72 valence electrons. The number of aliphatic hydroxyl groups excluding tert-OH is 1. The molecule has 0 aliphatic carbocycles. The molecule has 1 heterocycles. The molecule has 6 heteroatoms. The number of hydrogen-bond acceptors (Lipinski definition) is 2. The number of hydrogen-bond donors (Lipinski definition) is 3. The number of aliphatic carboxylic acids is 1. The number of carboxylic acids is 1. The molecule has 0 bridgehead atoms. The van der Waals surface area contributed by atoms with Crippen molar-refractivity contribution < 1.29 is 23.8 Å². The zero-order valence-electron chi connectivity index (χ0n) is 6.37. The third-order valence-corrected chi connectivity index (χ3v) is 1.55. The van der Waals surface area contributed by atoms with Crippen LogP contribution >= 0.6 is 0 Å². The first kappa shape index (κ1) is 9.66. The van der Waals surface area contributed by atoms with Gasteiger partial charge in [0.15, 0.2) is 6.10 Å². The van der Waals surface area contributed by atoms with Crippen molar-refractivity contribution in [3.05, 3.63) is 24.0 Å². The molecule has 0 fully saturated rings. The van der Waals surface area contributed by atoms with Gasteiger partial charge in [0, 0.05) is 6.20 Å². The Morgan fingerprint density at radius 1 is 1.62 bits per heavy atom. The molecule has 0 aromatic carbocycles. The predicted octanol–water partition coefficient (Wildman–Crippen LogP) is 0.768. The number of nitrogens with one attached hydrogen (secondary N) is 1. The van der Waals surface area contributed by atoms with Crippen LogP contribution in [0.4, 0.5) is 8.78 Å². The predicted molar refractivity (Wildman–Crippen MR) is 38.3 cm³/mol. The minimum Gasteiger partial charge on any atom is -0.477 e. The maximum Gasteiger partial charge on any atom is 0.377 e. The summed E-state index contributed by atoms with van der Waals surface area (Å²) in [5, 5.41) is 17.0. The second-order valence-corrected chi connectivity index (χ2v) is 2.46. The molecule has 4 nitrogen and oxygen atoms in total. The quantitative estimate of drug-likeness (QED) is 0.660. The summed E-state index contributed by atoms with van der Waals surface area (Å²) >= 11 is 0. The van der Waals surface area contributed by atoms with Gasteiger partial charge in [-0.15, -0.1) is 0 Å². The van der Waals surface area contributed by atoms with E-state index in [0.717, 1.165) is 0 Å². The van der Waals surface area contributed by atoms with E-state index in [2.05, 4.69) is 4.98 Å². The molecule has 0 saturated carbocycles. The van der Waals surface area contributed by atoms with E-state index in [-0.39, 0.29) is 5.69 Å². The number of aromatic nitrogens is 1. The van der Waals surface area contributed by atoms with Gasteiger partial charge in [0.25, 0.3) is 0 Å². The maximum absolute atomic E-state index is 12.6. The summed E-state index contributed by atoms with van der Waals surface area (Å²) in [5.41, 5.74) is -0.229. The molecule has 0 aliphatic rings. The second kappa shape index (κ2) is 3.14. The first-order valence-corrected chi connectivity index (χ1v) is 3.39. The molecule has 0 spiro atoms. The molecular formula is C7H7F2NO3. The van der Waals surface area contributed by atoms with Gasteiger partial charge in [-0.25, -0.2) is 4.79 Å². The number of H-pyrrole nitrogens is 1. The third-order valence-electron chi connectivity index (χ3n) is 1.55. The van der Waals surface area contributed by atoms with E-state index in [4.69, 9.17) is 10.2 Å². The molecule has 0 amide bonds. The molecule has 1 aromatic rings. The molecule has 0 saturated heterocycles. The van der Waals surface area contributed by atoms with Gasteiger partial charge in [-0.05, 0) is 12.1 Å². The largest absolute Gasteiger partial charge is 0.477 e. The summed E-state index contributed by atoms with van der Waals surface area (Å²) in [5.74, 6) is -6.53. The fourth-order valence-electron chi connectivity index (χ4n) is 0.827. The van der Waals surface area contributed by atoms with Gasteiger partial charge in [-0.1, -0.05) is 0 Å². The maximum atomic E-state index is 12.6. The number of rotatable bonds is 3.